The van der Waals surface area contributed by atoms with Crippen molar-refractivity contribution in [1.29, 1.82) is 0 Å². The third kappa shape index (κ3) is 6.34. The lowest BCUT2D eigenvalue weighted by Crippen LogP contribution is -2.48. The van der Waals surface area contributed by atoms with Crippen LogP contribution in [0.1, 0.15) is 42.4 Å². The van der Waals surface area contributed by atoms with Crippen molar-refractivity contribution in [1.82, 2.24) is 20.8 Å². The van der Waals surface area contributed by atoms with E-state index >= 15 is 0 Å². The molecule has 0 aliphatic carbocycles. The number of aliphatic hydroxyl groups is 2. The maximum Gasteiger partial charge on any atom is 0.316 e. The van der Waals surface area contributed by atoms with Crippen LogP contribution in [0.15, 0.2) is 0 Å². The SMILES string of the molecule is CC(=O)[C@H](CC(N)=O)NC(=O)N[C@@H](CO)c1nnc([C@@H](N)C(C)O)s1. The van der Waals surface area contributed by atoms with E-state index in [-0.39, 0.29) is 11.4 Å². The summed E-state index contributed by atoms with van der Waals surface area (Å²) in [5.74, 6) is -1.17. The normalized spacial score (nSPS) is 15.7. The maximum absolute atomic E-state index is 12.0. The molecule has 0 aliphatic rings. The summed E-state index contributed by atoms with van der Waals surface area (Å²) in [6.07, 6.45) is -1.17. The average Bonchev–Trinajstić information content (AvgIpc) is 3.00. The molecule has 140 valence electrons. The zero-order chi connectivity index (χ0) is 19.1. The van der Waals surface area contributed by atoms with Gasteiger partial charge in [0, 0.05) is 0 Å². The molecule has 0 radical (unpaired) electrons. The predicted octanol–water partition coefficient (Wildman–Crippen LogP) is -1.92. The third-order valence-corrected chi connectivity index (χ3v) is 4.39. The van der Waals surface area contributed by atoms with Crippen LogP contribution in [0.4, 0.5) is 4.79 Å². The Hall–Kier alpha value is -2.15. The van der Waals surface area contributed by atoms with Crippen molar-refractivity contribution >= 4 is 29.1 Å². The molecule has 0 fully saturated rings. The van der Waals surface area contributed by atoms with Crippen molar-refractivity contribution in [3.63, 3.8) is 0 Å². The molecular formula is C13H22N6O5S. The van der Waals surface area contributed by atoms with E-state index < -0.39 is 48.6 Å². The minimum Gasteiger partial charge on any atom is -0.394 e. The van der Waals surface area contributed by atoms with Crippen LogP contribution in [0, 0.1) is 0 Å². The van der Waals surface area contributed by atoms with Gasteiger partial charge in [0.15, 0.2) is 5.78 Å². The Balaban J connectivity index is 2.76. The minimum absolute atomic E-state index is 0.276. The van der Waals surface area contributed by atoms with Crippen molar-refractivity contribution < 1.29 is 24.6 Å². The van der Waals surface area contributed by atoms with Gasteiger partial charge in [-0.3, -0.25) is 9.59 Å². The standard InChI is InChI=1S/C13H22N6O5S/c1-5(21)7(3-9(14)23)16-13(24)17-8(4-20)11-18-19-12(25-11)10(15)6(2)22/h6-8,10,20,22H,3-4,15H2,1-2H3,(H2,14,23)(H2,16,17,24)/t6?,7-,8-,10-/m0/s1. The quantitative estimate of drug-likeness (QED) is 0.288. The maximum atomic E-state index is 12.0. The zero-order valence-electron chi connectivity index (χ0n) is 13.8. The Morgan fingerprint density at radius 3 is 2.32 bits per heavy atom. The summed E-state index contributed by atoms with van der Waals surface area (Å²) in [5.41, 5.74) is 10.8. The molecular weight excluding hydrogens is 352 g/mol. The van der Waals surface area contributed by atoms with Crippen LogP contribution >= 0.6 is 11.3 Å². The van der Waals surface area contributed by atoms with Crippen LogP contribution in [-0.4, -0.2) is 56.9 Å². The van der Waals surface area contributed by atoms with Gasteiger partial charge in [-0.2, -0.15) is 0 Å². The summed E-state index contributed by atoms with van der Waals surface area (Å²) in [4.78, 5) is 34.3. The number of ketones is 1. The molecule has 1 heterocycles. The Bertz CT molecular complexity index is 622. The van der Waals surface area contributed by atoms with Gasteiger partial charge in [-0.15, -0.1) is 10.2 Å². The largest absolute Gasteiger partial charge is 0.394 e. The van der Waals surface area contributed by atoms with Crippen LogP contribution < -0.4 is 22.1 Å². The molecule has 12 heteroatoms. The fourth-order valence-corrected chi connectivity index (χ4v) is 2.76. The van der Waals surface area contributed by atoms with Crippen LogP contribution in [0.25, 0.3) is 0 Å². The van der Waals surface area contributed by atoms with Gasteiger partial charge in [0.25, 0.3) is 0 Å². The van der Waals surface area contributed by atoms with Crippen LogP contribution in [0.5, 0.6) is 0 Å². The Kier molecular flexibility index (Phi) is 7.83. The number of nitrogens with two attached hydrogens (primary N) is 2. The second-order valence-corrected chi connectivity index (χ2v) is 6.47. The van der Waals surface area contributed by atoms with Crippen molar-refractivity contribution in [2.75, 3.05) is 6.61 Å². The average molecular weight is 374 g/mol. The zero-order valence-corrected chi connectivity index (χ0v) is 14.6. The van der Waals surface area contributed by atoms with Crippen molar-refractivity contribution in [3.8, 4) is 0 Å². The van der Waals surface area contributed by atoms with Crippen molar-refractivity contribution in [2.45, 2.75) is 44.5 Å². The number of amides is 3. The highest BCUT2D eigenvalue weighted by atomic mass is 32.1. The first-order chi connectivity index (χ1) is 11.6. The summed E-state index contributed by atoms with van der Waals surface area (Å²) in [6, 6.07) is -3.48. The number of hydrogen-bond donors (Lipinski definition) is 6. The molecule has 1 rings (SSSR count). The molecule has 4 atom stereocenters. The molecule has 0 aromatic carbocycles. The molecule has 1 aromatic rings. The van der Waals surface area contributed by atoms with Crippen LogP contribution in [0.3, 0.4) is 0 Å². The number of rotatable bonds is 9. The van der Waals surface area contributed by atoms with E-state index in [1.54, 1.807) is 0 Å². The molecule has 11 nitrogen and oxygen atoms in total. The summed E-state index contributed by atoms with van der Waals surface area (Å²) in [6.45, 7) is 2.24. The Labute approximate surface area is 147 Å². The van der Waals surface area contributed by atoms with E-state index in [2.05, 4.69) is 20.8 Å². The molecule has 1 unspecified atom stereocenters. The van der Waals surface area contributed by atoms with Crippen LogP contribution in [0.2, 0.25) is 0 Å². The molecule has 0 saturated carbocycles. The topological polar surface area (TPSA) is 194 Å². The van der Waals surface area contributed by atoms with Crippen molar-refractivity contribution in [3.05, 3.63) is 10.0 Å². The lowest BCUT2D eigenvalue weighted by Gasteiger charge is -2.18. The summed E-state index contributed by atoms with van der Waals surface area (Å²) in [7, 11) is 0. The molecule has 3 amide bonds. The molecule has 1 aromatic heterocycles. The molecule has 0 bridgehead atoms. The highest BCUT2D eigenvalue weighted by molar-refractivity contribution is 7.11. The molecule has 8 N–H and O–H groups in total. The van der Waals surface area contributed by atoms with Gasteiger partial charge in [0.1, 0.15) is 16.1 Å². The predicted molar refractivity (Wildman–Crippen MR) is 88.3 cm³/mol. The van der Waals surface area contributed by atoms with Gasteiger partial charge in [-0.05, 0) is 13.8 Å². The van der Waals surface area contributed by atoms with E-state index in [1.165, 1.54) is 13.8 Å². The smallest absolute Gasteiger partial charge is 0.316 e. The van der Waals surface area contributed by atoms with E-state index in [0.29, 0.717) is 5.01 Å². The number of carbonyl (C=O) groups excluding carboxylic acids is 3. The van der Waals surface area contributed by atoms with Crippen LogP contribution in [-0.2, 0) is 9.59 Å². The Morgan fingerprint density at radius 2 is 1.84 bits per heavy atom. The molecule has 0 aliphatic heterocycles. The lowest BCUT2D eigenvalue weighted by molar-refractivity contribution is -0.124. The number of nitrogens with zero attached hydrogens (tertiary/aromatic N) is 2. The van der Waals surface area contributed by atoms with E-state index in [1.807, 2.05) is 0 Å². The van der Waals surface area contributed by atoms with E-state index in [9.17, 15) is 24.6 Å². The first-order valence-electron chi connectivity index (χ1n) is 7.39. The first kappa shape index (κ1) is 20.9. The number of Topliss-reactive ketones (excluding diaryl/α,β-unsaturated/α-hetero) is 1. The fourth-order valence-electron chi connectivity index (χ4n) is 1.77. The van der Waals surface area contributed by atoms with Gasteiger partial charge in [-0.1, -0.05) is 11.3 Å². The molecule has 0 spiro atoms. The Morgan fingerprint density at radius 1 is 1.24 bits per heavy atom. The third-order valence-electron chi connectivity index (χ3n) is 3.25. The highest BCUT2D eigenvalue weighted by Gasteiger charge is 2.25. The second-order valence-electron chi connectivity index (χ2n) is 5.43. The lowest BCUT2D eigenvalue weighted by atomic mass is 10.1. The van der Waals surface area contributed by atoms with Gasteiger partial charge in [-0.25, -0.2) is 4.79 Å². The van der Waals surface area contributed by atoms with Gasteiger partial charge in [0.05, 0.1) is 31.2 Å². The molecule has 25 heavy (non-hydrogen) atoms. The number of primary amides is 1. The number of carbonyl (C=O) groups is 3. The second kappa shape index (κ2) is 9.36. The van der Waals surface area contributed by atoms with E-state index in [4.69, 9.17) is 11.5 Å². The summed E-state index contributed by atoms with van der Waals surface area (Å²) < 4.78 is 0. The van der Waals surface area contributed by atoms with Crippen molar-refractivity contribution in [2.24, 2.45) is 11.5 Å². The van der Waals surface area contributed by atoms with E-state index in [0.717, 1.165) is 11.3 Å². The number of hydrogen-bond acceptors (Lipinski definition) is 9. The summed E-state index contributed by atoms with van der Waals surface area (Å²) in [5, 5.41) is 31.9. The number of nitrogens with one attached hydrogen (secondary N) is 2. The van der Waals surface area contributed by atoms with Gasteiger partial charge in [0.2, 0.25) is 5.91 Å². The first-order valence-corrected chi connectivity index (χ1v) is 8.20. The number of aromatic nitrogens is 2. The van der Waals surface area contributed by atoms with Gasteiger partial charge < -0.3 is 32.3 Å². The van der Waals surface area contributed by atoms with Gasteiger partial charge >= 0.3 is 6.03 Å². The monoisotopic (exact) mass is 374 g/mol. The minimum atomic E-state index is -1.06. The fraction of sp³-hybridized carbons (Fsp3) is 0.615. The molecule has 0 saturated heterocycles. The number of aliphatic hydroxyl groups excluding tert-OH is 2. The summed E-state index contributed by atoms with van der Waals surface area (Å²) >= 11 is 1.03. The highest BCUT2D eigenvalue weighted by Crippen LogP contribution is 2.23. The number of urea groups is 1.